The van der Waals surface area contributed by atoms with Gasteiger partial charge >= 0.3 is 0 Å². The number of rotatable bonds is 2. The predicted molar refractivity (Wildman–Crippen MR) is 109 cm³/mol. The van der Waals surface area contributed by atoms with Gasteiger partial charge in [-0.1, -0.05) is 36.2 Å². The second-order valence-electron chi connectivity index (χ2n) is 7.68. The molecule has 1 atom stereocenters. The number of aryl methyl sites for hydroxylation is 1. The number of likely N-dealkylation sites (tertiary alicyclic amines) is 1. The average molecular weight is 410 g/mol. The van der Waals surface area contributed by atoms with E-state index in [0.717, 1.165) is 37.9 Å². The highest BCUT2D eigenvalue weighted by Gasteiger charge is 2.53. The maximum absolute atomic E-state index is 13.3. The fourth-order valence-electron chi connectivity index (χ4n) is 4.23. The number of hydrazone groups is 1. The third-order valence-electron chi connectivity index (χ3n) is 5.73. The Morgan fingerprint density at radius 1 is 1.00 bits per heavy atom. The molecule has 3 aliphatic heterocycles. The molecule has 150 valence electrons. The van der Waals surface area contributed by atoms with Crippen LogP contribution in [0.4, 0.5) is 0 Å². The van der Waals surface area contributed by atoms with Crippen LogP contribution < -0.4 is 0 Å². The van der Waals surface area contributed by atoms with E-state index in [1.165, 1.54) is 9.31 Å². The minimum absolute atomic E-state index is 0.253. The van der Waals surface area contributed by atoms with Gasteiger partial charge in [-0.3, -0.25) is 9.69 Å². The first-order valence-electron chi connectivity index (χ1n) is 9.85. The van der Waals surface area contributed by atoms with Crippen molar-refractivity contribution in [1.82, 2.24) is 14.2 Å². The zero-order chi connectivity index (χ0) is 20.2. The lowest BCUT2D eigenvalue weighted by Crippen LogP contribution is -2.56. The minimum Gasteiger partial charge on any atom is -0.267 e. The topological polar surface area (TPSA) is 73.3 Å². The van der Waals surface area contributed by atoms with Crippen molar-refractivity contribution >= 4 is 21.8 Å². The van der Waals surface area contributed by atoms with Gasteiger partial charge in [-0.15, -0.1) is 5.10 Å². The number of piperidine rings is 1. The normalized spacial score (nSPS) is 22.9. The van der Waals surface area contributed by atoms with Crippen molar-refractivity contribution in [3.63, 3.8) is 0 Å². The molecule has 29 heavy (non-hydrogen) atoms. The number of fused-ring (bicyclic) bond motifs is 3. The first-order valence-corrected chi connectivity index (χ1v) is 11.3. The van der Waals surface area contributed by atoms with E-state index in [9.17, 15) is 13.2 Å². The van der Waals surface area contributed by atoms with Crippen molar-refractivity contribution < 1.29 is 13.2 Å². The molecule has 0 aromatic heterocycles. The van der Waals surface area contributed by atoms with Crippen molar-refractivity contribution in [1.29, 1.82) is 0 Å². The van der Waals surface area contributed by atoms with Gasteiger partial charge in [0.15, 0.2) is 12.1 Å². The van der Waals surface area contributed by atoms with Crippen LogP contribution in [0.15, 0.2) is 58.5 Å². The number of sulfonamides is 1. The molecule has 0 bridgehead atoms. The molecule has 0 spiro atoms. The van der Waals surface area contributed by atoms with E-state index < -0.39 is 16.3 Å². The Balaban J connectivity index is 1.62. The number of carbonyl (C=O) groups excluding carboxylic acids is 1. The fraction of sp³-hybridized carbons (Fsp3) is 0.333. The van der Waals surface area contributed by atoms with Gasteiger partial charge in [0.25, 0.3) is 15.9 Å². The number of benzene rings is 2. The average Bonchev–Trinajstić information content (AvgIpc) is 3.24. The zero-order valence-corrected chi connectivity index (χ0v) is 17.0. The molecule has 0 saturated carbocycles. The van der Waals surface area contributed by atoms with E-state index in [1.54, 1.807) is 36.4 Å². The summed E-state index contributed by atoms with van der Waals surface area (Å²) in [6.07, 6.45) is 2.28. The van der Waals surface area contributed by atoms with E-state index in [0.29, 0.717) is 17.0 Å². The molecule has 8 heteroatoms. The predicted octanol–water partition coefficient (Wildman–Crippen LogP) is 2.59. The van der Waals surface area contributed by atoms with E-state index in [2.05, 4.69) is 10.0 Å². The molecule has 0 N–H and O–H groups in total. The highest BCUT2D eigenvalue weighted by molar-refractivity contribution is 7.90. The Kier molecular flexibility index (Phi) is 4.22. The van der Waals surface area contributed by atoms with E-state index in [1.807, 2.05) is 19.1 Å². The Morgan fingerprint density at radius 3 is 2.41 bits per heavy atom. The molecule has 1 fully saturated rings. The van der Waals surface area contributed by atoms with Crippen molar-refractivity contribution in [2.75, 3.05) is 13.1 Å². The summed E-state index contributed by atoms with van der Waals surface area (Å²) in [5.74, 6) is 0.0341. The van der Waals surface area contributed by atoms with Gasteiger partial charge in [-0.25, -0.2) is 12.7 Å². The van der Waals surface area contributed by atoms with Gasteiger partial charge < -0.3 is 0 Å². The monoisotopic (exact) mass is 410 g/mol. The summed E-state index contributed by atoms with van der Waals surface area (Å²) in [5, 5.41) is 5.89. The SMILES string of the molecule is Cc1ccc(C(=O)N2N=C3c4ccccc4S(=O)(=O)N3[C@@H]2N2CCCCC2)cc1. The maximum atomic E-state index is 13.3. The number of nitrogens with zero attached hydrogens (tertiary/aromatic N) is 4. The number of amides is 1. The van der Waals surface area contributed by atoms with E-state index in [4.69, 9.17) is 0 Å². The summed E-state index contributed by atoms with van der Waals surface area (Å²) in [6, 6.07) is 14.1. The van der Waals surface area contributed by atoms with Crippen molar-refractivity contribution in [3.05, 3.63) is 65.2 Å². The minimum atomic E-state index is -3.77. The summed E-state index contributed by atoms with van der Waals surface area (Å²) in [7, 11) is -3.77. The summed E-state index contributed by atoms with van der Waals surface area (Å²) < 4.78 is 28.0. The molecule has 0 unspecified atom stereocenters. The van der Waals surface area contributed by atoms with Crippen molar-refractivity contribution in [2.45, 2.75) is 37.4 Å². The molecule has 5 rings (SSSR count). The molecule has 2 aromatic rings. The molecule has 3 heterocycles. The third kappa shape index (κ3) is 2.78. The Morgan fingerprint density at radius 2 is 1.69 bits per heavy atom. The van der Waals surface area contributed by atoms with Gasteiger partial charge in [0.05, 0.1) is 4.90 Å². The Labute approximate surface area is 170 Å². The molecule has 0 radical (unpaired) electrons. The molecular weight excluding hydrogens is 388 g/mol. The van der Waals surface area contributed by atoms with Crippen LogP contribution in [0.3, 0.4) is 0 Å². The number of carbonyl (C=O) groups is 1. The van der Waals surface area contributed by atoms with Crippen molar-refractivity contribution in [2.24, 2.45) is 5.10 Å². The molecule has 2 aromatic carbocycles. The summed E-state index contributed by atoms with van der Waals surface area (Å²) in [4.78, 5) is 15.6. The molecule has 0 aliphatic carbocycles. The van der Waals surface area contributed by atoms with Crippen LogP contribution in [0.25, 0.3) is 0 Å². The summed E-state index contributed by atoms with van der Waals surface area (Å²) >= 11 is 0. The quantitative estimate of drug-likeness (QED) is 0.763. The first kappa shape index (κ1) is 18.3. The Bertz CT molecular complexity index is 1110. The Hall–Kier alpha value is -2.71. The van der Waals surface area contributed by atoms with Gasteiger partial charge in [-0.05, 0) is 44.0 Å². The highest BCUT2D eigenvalue weighted by atomic mass is 32.2. The lowest BCUT2D eigenvalue weighted by molar-refractivity contribution is 0.00557. The standard InChI is InChI=1S/C21H22N4O3S/c1-15-9-11-16(12-10-15)20(26)24-21(23-13-5-2-6-14-23)25-19(22-24)17-7-3-4-8-18(17)29(25,27)28/h3-4,7-12,21H,2,5-6,13-14H2,1H3/t21-/m1/s1. The molecule has 3 aliphatic rings. The molecule has 1 saturated heterocycles. The van der Waals surface area contributed by atoms with Crippen molar-refractivity contribution in [3.8, 4) is 0 Å². The maximum Gasteiger partial charge on any atom is 0.277 e. The first-order chi connectivity index (χ1) is 14.0. The van der Waals surface area contributed by atoms with Crippen LogP contribution in [-0.2, 0) is 10.0 Å². The largest absolute Gasteiger partial charge is 0.277 e. The molecule has 1 amide bonds. The van der Waals surface area contributed by atoms with Crippen LogP contribution in [0.5, 0.6) is 0 Å². The van der Waals surface area contributed by atoms with Gasteiger partial charge in [0, 0.05) is 24.2 Å². The third-order valence-corrected chi connectivity index (χ3v) is 7.52. The lowest BCUT2D eigenvalue weighted by Gasteiger charge is -2.38. The number of hydrogen-bond acceptors (Lipinski definition) is 5. The van der Waals surface area contributed by atoms with Crippen LogP contribution in [0.2, 0.25) is 0 Å². The van der Waals surface area contributed by atoms with Gasteiger partial charge in [-0.2, -0.15) is 5.01 Å². The summed E-state index contributed by atoms with van der Waals surface area (Å²) in [5.41, 5.74) is 2.10. The van der Waals surface area contributed by atoms with Crippen LogP contribution in [0, 0.1) is 6.92 Å². The zero-order valence-electron chi connectivity index (χ0n) is 16.2. The smallest absolute Gasteiger partial charge is 0.267 e. The van der Waals surface area contributed by atoms with E-state index >= 15 is 0 Å². The number of hydrogen-bond donors (Lipinski definition) is 0. The second kappa shape index (κ2) is 6.67. The fourth-order valence-corrected chi connectivity index (χ4v) is 5.96. The van der Waals surface area contributed by atoms with E-state index in [-0.39, 0.29) is 10.8 Å². The molecular formula is C21H22N4O3S. The lowest BCUT2D eigenvalue weighted by atomic mass is 10.1. The highest BCUT2D eigenvalue weighted by Crippen LogP contribution is 2.39. The van der Waals surface area contributed by atoms with Crippen LogP contribution in [-0.4, -0.2) is 53.8 Å². The van der Waals surface area contributed by atoms with Crippen LogP contribution in [0.1, 0.15) is 40.7 Å². The summed E-state index contributed by atoms with van der Waals surface area (Å²) in [6.45, 7) is 3.42. The van der Waals surface area contributed by atoms with Gasteiger partial charge in [0.1, 0.15) is 0 Å². The second-order valence-corrected chi connectivity index (χ2v) is 9.46. The number of amidine groups is 1. The van der Waals surface area contributed by atoms with Gasteiger partial charge in [0.2, 0.25) is 0 Å². The van der Waals surface area contributed by atoms with Crippen LogP contribution >= 0.6 is 0 Å². The molecule has 7 nitrogen and oxygen atoms in total.